The molecule has 6 nitrogen and oxygen atoms in total. The van der Waals surface area contributed by atoms with Gasteiger partial charge in [-0.25, -0.2) is 0 Å². The predicted octanol–water partition coefficient (Wildman–Crippen LogP) is 0.997. The number of hydrogen-bond acceptors (Lipinski definition) is 4. The fourth-order valence-corrected chi connectivity index (χ4v) is 2.95. The zero-order valence-corrected chi connectivity index (χ0v) is 12.9. The molecule has 0 atom stereocenters. The molecule has 0 bridgehead atoms. The van der Waals surface area contributed by atoms with Crippen LogP contribution in [0.3, 0.4) is 0 Å². The highest BCUT2D eigenvalue weighted by molar-refractivity contribution is 6.07. The van der Waals surface area contributed by atoms with Gasteiger partial charge in [0.1, 0.15) is 5.41 Å². The molecule has 1 aliphatic rings. The molecule has 0 aromatic carbocycles. The Labute approximate surface area is 121 Å². The van der Waals surface area contributed by atoms with Gasteiger partial charge in [0, 0.05) is 6.54 Å². The van der Waals surface area contributed by atoms with Crippen molar-refractivity contribution in [1.82, 2.24) is 10.2 Å². The minimum atomic E-state index is -0.788. The molecule has 4 N–H and O–H groups in total. The third-order valence-electron chi connectivity index (χ3n) is 4.26. The molecular weight excluding hydrogens is 256 g/mol. The van der Waals surface area contributed by atoms with Crippen molar-refractivity contribution in [3.8, 4) is 0 Å². The Balaban J connectivity index is 2.41. The van der Waals surface area contributed by atoms with Crippen LogP contribution in [0.25, 0.3) is 0 Å². The average molecular weight is 284 g/mol. The fraction of sp³-hybridized carbons (Fsp3) is 0.857. The van der Waals surface area contributed by atoms with Gasteiger partial charge in [-0.1, -0.05) is 25.9 Å². The lowest BCUT2D eigenvalue weighted by Crippen LogP contribution is -2.56. The van der Waals surface area contributed by atoms with Crippen molar-refractivity contribution >= 4 is 11.7 Å². The van der Waals surface area contributed by atoms with Crippen molar-refractivity contribution in [1.29, 1.82) is 0 Å². The van der Waals surface area contributed by atoms with Crippen LogP contribution in [0.1, 0.15) is 40.0 Å². The van der Waals surface area contributed by atoms with Crippen LogP contribution < -0.4 is 11.1 Å². The summed E-state index contributed by atoms with van der Waals surface area (Å²) in [5.41, 5.74) is 4.91. The number of hydrogen-bond donors (Lipinski definition) is 3. The summed E-state index contributed by atoms with van der Waals surface area (Å²) >= 11 is 0. The van der Waals surface area contributed by atoms with E-state index >= 15 is 0 Å². The Kier molecular flexibility index (Phi) is 6.26. The predicted molar refractivity (Wildman–Crippen MR) is 79.7 cm³/mol. The molecule has 20 heavy (non-hydrogen) atoms. The van der Waals surface area contributed by atoms with Gasteiger partial charge in [0.15, 0.2) is 5.84 Å². The summed E-state index contributed by atoms with van der Waals surface area (Å²) in [6.07, 6.45) is 2.23. The first-order valence-corrected chi connectivity index (χ1v) is 7.48. The molecule has 1 fully saturated rings. The third-order valence-corrected chi connectivity index (χ3v) is 4.26. The zero-order valence-electron chi connectivity index (χ0n) is 12.9. The van der Waals surface area contributed by atoms with E-state index in [0.29, 0.717) is 25.3 Å². The Morgan fingerprint density at radius 1 is 1.45 bits per heavy atom. The van der Waals surface area contributed by atoms with Crippen LogP contribution in [0, 0.1) is 11.3 Å². The van der Waals surface area contributed by atoms with Crippen molar-refractivity contribution < 1.29 is 10.0 Å². The molecule has 1 rings (SSSR count). The van der Waals surface area contributed by atoms with E-state index in [1.54, 1.807) is 0 Å². The minimum absolute atomic E-state index is 0.0387. The molecule has 0 heterocycles. The van der Waals surface area contributed by atoms with E-state index < -0.39 is 5.41 Å². The van der Waals surface area contributed by atoms with Crippen molar-refractivity contribution in [3.05, 3.63) is 0 Å². The first-order chi connectivity index (χ1) is 9.50. The molecule has 1 saturated carbocycles. The summed E-state index contributed by atoms with van der Waals surface area (Å²) in [5, 5.41) is 14.8. The van der Waals surface area contributed by atoms with Crippen molar-refractivity contribution in [2.45, 2.75) is 40.0 Å². The first kappa shape index (κ1) is 16.8. The van der Waals surface area contributed by atoms with Crippen LogP contribution in [-0.4, -0.2) is 48.0 Å². The standard InChI is InChI=1S/C14H28N4O2/c1-4-18(5-2)8-6-7-16-13(19)14(12(15)17-20)9-11(3)10-14/h11,20H,4-10H2,1-3H3,(H2,15,17)(H,16,19). The van der Waals surface area contributed by atoms with E-state index in [2.05, 4.69) is 36.1 Å². The summed E-state index contributed by atoms with van der Waals surface area (Å²) in [6.45, 7) is 9.98. The van der Waals surface area contributed by atoms with Gasteiger partial charge in [-0.05, 0) is 44.8 Å². The van der Waals surface area contributed by atoms with Crippen molar-refractivity contribution in [3.63, 3.8) is 0 Å². The van der Waals surface area contributed by atoms with Gasteiger partial charge >= 0.3 is 0 Å². The molecule has 0 aromatic rings. The van der Waals surface area contributed by atoms with E-state index in [1.807, 2.05) is 0 Å². The number of nitrogens with zero attached hydrogens (tertiary/aromatic N) is 2. The van der Waals surface area contributed by atoms with Crippen molar-refractivity contribution in [2.24, 2.45) is 22.2 Å². The Morgan fingerprint density at radius 3 is 2.50 bits per heavy atom. The molecular formula is C14H28N4O2. The van der Waals surface area contributed by atoms with Gasteiger partial charge in [-0.3, -0.25) is 4.79 Å². The number of oxime groups is 1. The highest BCUT2D eigenvalue weighted by atomic mass is 16.4. The molecule has 0 saturated heterocycles. The molecule has 0 radical (unpaired) electrons. The van der Waals surface area contributed by atoms with Gasteiger partial charge in [0.05, 0.1) is 0 Å². The van der Waals surface area contributed by atoms with Crippen LogP contribution in [0.2, 0.25) is 0 Å². The van der Waals surface area contributed by atoms with E-state index in [1.165, 1.54) is 0 Å². The number of carbonyl (C=O) groups excluding carboxylic acids is 1. The summed E-state index contributed by atoms with van der Waals surface area (Å²) < 4.78 is 0. The Bertz CT molecular complexity index is 347. The third kappa shape index (κ3) is 3.62. The SMILES string of the molecule is CCN(CC)CCCNC(=O)C1(C(N)=NO)CC(C)C1. The quantitative estimate of drug-likeness (QED) is 0.204. The second-order valence-corrected chi connectivity index (χ2v) is 5.72. The lowest BCUT2D eigenvalue weighted by molar-refractivity contribution is -0.133. The van der Waals surface area contributed by atoms with Crippen LogP contribution in [-0.2, 0) is 4.79 Å². The summed E-state index contributed by atoms with van der Waals surface area (Å²) in [6, 6.07) is 0. The van der Waals surface area contributed by atoms with Gasteiger partial charge < -0.3 is 21.2 Å². The van der Waals surface area contributed by atoms with E-state index in [4.69, 9.17) is 10.9 Å². The van der Waals surface area contributed by atoms with Crippen LogP contribution in [0.5, 0.6) is 0 Å². The number of amidine groups is 1. The maximum atomic E-state index is 12.3. The Morgan fingerprint density at radius 2 is 2.05 bits per heavy atom. The normalized spacial score (nSPS) is 26.4. The van der Waals surface area contributed by atoms with Gasteiger partial charge in [-0.15, -0.1) is 0 Å². The molecule has 116 valence electrons. The van der Waals surface area contributed by atoms with Crippen molar-refractivity contribution in [2.75, 3.05) is 26.2 Å². The molecule has 0 unspecified atom stereocenters. The molecule has 6 heteroatoms. The second kappa shape index (κ2) is 7.47. The molecule has 0 aromatic heterocycles. The minimum Gasteiger partial charge on any atom is -0.409 e. The van der Waals surface area contributed by atoms with E-state index in [-0.39, 0.29) is 11.7 Å². The van der Waals surface area contributed by atoms with E-state index in [9.17, 15) is 4.79 Å². The highest BCUT2D eigenvalue weighted by Crippen LogP contribution is 2.45. The molecule has 0 spiro atoms. The maximum absolute atomic E-state index is 12.3. The lowest BCUT2D eigenvalue weighted by atomic mass is 9.61. The summed E-state index contributed by atoms with van der Waals surface area (Å²) in [4.78, 5) is 14.6. The number of carbonyl (C=O) groups is 1. The van der Waals surface area contributed by atoms with Gasteiger partial charge in [0.25, 0.3) is 0 Å². The summed E-state index contributed by atoms with van der Waals surface area (Å²) in [7, 11) is 0. The first-order valence-electron chi connectivity index (χ1n) is 7.48. The smallest absolute Gasteiger partial charge is 0.233 e. The zero-order chi connectivity index (χ0) is 15.2. The number of nitrogens with two attached hydrogens (primary N) is 1. The number of rotatable bonds is 8. The lowest BCUT2D eigenvalue weighted by Gasteiger charge is -2.43. The largest absolute Gasteiger partial charge is 0.409 e. The fourth-order valence-electron chi connectivity index (χ4n) is 2.95. The highest BCUT2D eigenvalue weighted by Gasteiger charge is 2.51. The Hall–Kier alpha value is -1.30. The number of nitrogens with one attached hydrogen (secondary N) is 1. The van der Waals surface area contributed by atoms with E-state index in [0.717, 1.165) is 26.1 Å². The van der Waals surface area contributed by atoms with Crippen LogP contribution >= 0.6 is 0 Å². The maximum Gasteiger partial charge on any atom is 0.233 e. The monoisotopic (exact) mass is 284 g/mol. The molecule has 1 aliphatic carbocycles. The topological polar surface area (TPSA) is 91.0 Å². The average Bonchev–Trinajstić information content (AvgIpc) is 2.42. The number of amides is 1. The van der Waals surface area contributed by atoms with Crippen LogP contribution in [0.15, 0.2) is 5.16 Å². The second-order valence-electron chi connectivity index (χ2n) is 5.72. The van der Waals surface area contributed by atoms with Gasteiger partial charge in [-0.2, -0.15) is 0 Å². The molecule has 1 amide bonds. The molecule has 0 aliphatic heterocycles. The summed E-state index contributed by atoms with van der Waals surface area (Å²) in [5.74, 6) is 0.374. The van der Waals surface area contributed by atoms with Crippen LogP contribution in [0.4, 0.5) is 0 Å². The van der Waals surface area contributed by atoms with Gasteiger partial charge in [0.2, 0.25) is 5.91 Å².